The van der Waals surface area contributed by atoms with Gasteiger partial charge in [-0.3, -0.25) is 0 Å². The first-order valence-electron chi connectivity index (χ1n) is 8.35. The molecule has 21 heavy (non-hydrogen) atoms. The van der Waals surface area contributed by atoms with Crippen molar-refractivity contribution >= 4 is 11.6 Å². The maximum absolute atomic E-state index is 4.47. The maximum Gasteiger partial charge on any atom is 0.134 e. The van der Waals surface area contributed by atoms with Crippen LogP contribution >= 0.6 is 0 Å². The van der Waals surface area contributed by atoms with Crippen LogP contribution in [0.4, 0.5) is 11.6 Å². The minimum absolute atomic E-state index is 0.535. The first-order chi connectivity index (χ1) is 10.3. The topological polar surface area (TPSA) is 53.1 Å². The lowest BCUT2D eigenvalue weighted by atomic mass is 10.0. The molecule has 0 radical (unpaired) electrons. The Bertz CT molecular complexity index is 427. The third kappa shape index (κ3) is 4.30. The third-order valence-corrected chi connectivity index (χ3v) is 4.11. The molecule has 1 aliphatic rings. The van der Waals surface area contributed by atoms with E-state index >= 15 is 0 Å². The van der Waals surface area contributed by atoms with Crippen molar-refractivity contribution in [2.75, 3.05) is 36.8 Å². The molecule has 5 heteroatoms. The van der Waals surface area contributed by atoms with Gasteiger partial charge in [0.25, 0.3) is 0 Å². The first kappa shape index (κ1) is 16.0. The first-order valence-corrected chi connectivity index (χ1v) is 8.35. The largest absolute Gasteiger partial charge is 0.370 e. The maximum atomic E-state index is 4.47. The molecule has 1 aromatic rings. The highest BCUT2D eigenvalue weighted by Gasteiger charge is 2.20. The van der Waals surface area contributed by atoms with Crippen molar-refractivity contribution in [2.24, 2.45) is 0 Å². The minimum atomic E-state index is 0.535. The Hall–Kier alpha value is -1.36. The monoisotopic (exact) mass is 291 g/mol. The molecule has 2 N–H and O–H groups in total. The van der Waals surface area contributed by atoms with Gasteiger partial charge in [0, 0.05) is 31.2 Å². The Morgan fingerprint density at radius 3 is 2.48 bits per heavy atom. The Balaban J connectivity index is 1.98. The molecule has 0 bridgehead atoms. The van der Waals surface area contributed by atoms with Gasteiger partial charge in [0.2, 0.25) is 0 Å². The third-order valence-electron chi connectivity index (χ3n) is 4.11. The van der Waals surface area contributed by atoms with Crippen LogP contribution in [-0.4, -0.2) is 47.1 Å². The Kier molecular flexibility index (Phi) is 6.23. The fourth-order valence-corrected chi connectivity index (χ4v) is 3.00. The number of nitrogens with zero attached hydrogens (tertiary/aromatic N) is 3. The van der Waals surface area contributed by atoms with Gasteiger partial charge in [0.15, 0.2) is 0 Å². The lowest BCUT2D eigenvalue weighted by Crippen LogP contribution is -2.39. The summed E-state index contributed by atoms with van der Waals surface area (Å²) in [6.07, 6.45) is 6.25. The molecular formula is C16H29N5. The van der Waals surface area contributed by atoms with Crippen LogP contribution in [0.3, 0.4) is 0 Å². The number of rotatable bonds is 7. The molecule has 1 aliphatic heterocycles. The SMILES string of the molecule is CCCN1CCC(Nc2ncnc(NCC)c2CC)CC1. The molecular weight excluding hydrogens is 262 g/mol. The summed E-state index contributed by atoms with van der Waals surface area (Å²) < 4.78 is 0. The molecule has 5 nitrogen and oxygen atoms in total. The molecule has 1 aromatic heterocycles. The van der Waals surface area contributed by atoms with Gasteiger partial charge in [-0.15, -0.1) is 0 Å². The number of hydrogen-bond donors (Lipinski definition) is 2. The molecule has 0 spiro atoms. The van der Waals surface area contributed by atoms with E-state index in [1.54, 1.807) is 6.33 Å². The van der Waals surface area contributed by atoms with Crippen molar-refractivity contribution < 1.29 is 0 Å². The average molecular weight is 291 g/mol. The summed E-state index contributed by atoms with van der Waals surface area (Å²) in [5.41, 5.74) is 1.20. The molecule has 0 aromatic carbocycles. The summed E-state index contributed by atoms with van der Waals surface area (Å²) in [4.78, 5) is 11.4. The van der Waals surface area contributed by atoms with Gasteiger partial charge in [-0.25, -0.2) is 9.97 Å². The van der Waals surface area contributed by atoms with E-state index in [-0.39, 0.29) is 0 Å². The highest BCUT2D eigenvalue weighted by molar-refractivity contribution is 5.57. The zero-order valence-corrected chi connectivity index (χ0v) is 13.7. The Labute approximate surface area is 128 Å². The zero-order chi connectivity index (χ0) is 15.1. The normalized spacial score (nSPS) is 16.9. The van der Waals surface area contributed by atoms with Crippen LogP contribution in [0, 0.1) is 0 Å². The van der Waals surface area contributed by atoms with Crippen molar-refractivity contribution in [3.05, 3.63) is 11.9 Å². The van der Waals surface area contributed by atoms with Crippen molar-refractivity contribution in [2.45, 2.75) is 52.5 Å². The summed E-state index contributed by atoms with van der Waals surface area (Å²) >= 11 is 0. The van der Waals surface area contributed by atoms with E-state index in [1.807, 2.05) is 0 Å². The number of piperidine rings is 1. The van der Waals surface area contributed by atoms with E-state index in [2.05, 4.69) is 46.3 Å². The van der Waals surface area contributed by atoms with E-state index in [1.165, 1.54) is 44.5 Å². The quantitative estimate of drug-likeness (QED) is 0.809. The fraction of sp³-hybridized carbons (Fsp3) is 0.750. The second-order valence-corrected chi connectivity index (χ2v) is 5.69. The summed E-state index contributed by atoms with van der Waals surface area (Å²) in [6.45, 7) is 11.0. The summed E-state index contributed by atoms with van der Waals surface area (Å²) in [7, 11) is 0. The molecule has 2 rings (SSSR count). The molecule has 0 unspecified atom stereocenters. The molecule has 0 aliphatic carbocycles. The van der Waals surface area contributed by atoms with Crippen molar-refractivity contribution in [3.8, 4) is 0 Å². The van der Waals surface area contributed by atoms with Crippen molar-refractivity contribution in [3.63, 3.8) is 0 Å². The van der Waals surface area contributed by atoms with Crippen molar-refractivity contribution in [1.29, 1.82) is 0 Å². The molecule has 0 amide bonds. The highest BCUT2D eigenvalue weighted by atomic mass is 15.2. The van der Waals surface area contributed by atoms with E-state index < -0.39 is 0 Å². The van der Waals surface area contributed by atoms with Gasteiger partial charge in [-0.1, -0.05) is 13.8 Å². The van der Waals surface area contributed by atoms with Crippen LogP contribution in [-0.2, 0) is 6.42 Å². The van der Waals surface area contributed by atoms with Gasteiger partial charge in [0.1, 0.15) is 18.0 Å². The number of aromatic nitrogens is 2. The van der Waals surface area contributed by atoms with Crippen LogP contribution in [0.15, 0.2) is 6.33 Å². The number of anilines is 2. The average Bonchev–Trinajstić information content (AvgIpc) is 2.50. The second-order valence-electron chi connectivity index (χ2n) is 5.69. The summed E-state index contributed by atoms with van der Waals surface area (Å²) in [5.74, 6) is 1.98. The van der Waals surface area contributed by atoms with Crippen LogP contribution in [0.5, 0.6) is 0 Å². The lowest BCUT2D eigenvalue weighted by Gasteiger charge is -2.32. The van der Waals surface area contributed by atoms with Gasteiger partial charge in [0.05, 0.1) is 0 Å². The summed E-state index contributed by atoms with van der Waals surface area (Å²) in [5, 5.41) is 6.97. The van der Waals surface area contributed by atoms with Crippen molar-refractivity contribution in [1.82, 2.24) is 14.9 Å². The molecule has 118 valence electrons. The predicted octanol–water partition coefficient (Wildman–Crippen LogP) is 2.76. The van der Waals surface area contributed by atoms with E-state index in [9.17, 15) is 0 Å². The van der Waals surface area contributed by atoms with Crippen LogP contribution in [0.2, 0.25) is 0 Å². The molecule has 1 saturated heterocycles. The Morgan fingerprint density at radius 2 is 1.86 bits per heavy atom. The number of likely N-dealkylation sites (tertiary alicyclic amines) is 1. The van der Waals surface area contributed by atoms with Gasteiger partial charge in [-0.05, 0) is 39.2 Å². The smallest absolute Gasteiger partial charge is 0.134 e. The van der Waals surface area contributed by atoms with Gasteiger partial charge >= 0.3 is 0 Å². The predicted molar refractivity (Wildman–Crippen MR) is 88.9 cm³/mol. The Morgan fingerprint density at radius 1 is 1.14 bits per heavy atom. The molecule has 2 heterocycles. The number of nitrogens with one attached hydrogen (secondary N) is 2. The standard InChI is InChI=1S/C16H29N5/c1-4-9-21-10-7-13(8-11-21)20-16-14(5-2)15(17-6-3)18-12-19-16/h12-13H,4-11H2,1-3H3,(H2,17,18,19,20). The number of hydrogen-bond acceptors (Lipinski definition) is 5. The van der Waals surface area contributed by atoms with Crippen LogP contribution in [0.25, 0.3) is 0 Å². The van der Waals surface area contributed by atoms with Crippen LogP contribution < -0.4 is 10.6 Å². The molecule has 1 fully saturated rings. The van der Waals surface area contributed by atoms with Gasteiger partial charge < -0.3 is 15.5 Å². The minimum Gasteiger partial charge on any atom is -0.370 e. The molecule has 0 atom stereocenters. The van der Waals surface area contributed by atoms with Gasteiger partial charge in [-0.2, -0.15) is 0 Å². The summed E-state index contributed by atoms with van der Waals surface area (Å²) in [6, 6.07) is 0.535. The lowest BCUT2D eigenvalue weighted by molar-refractivity contribution is 0.219. The van der Waals surface area contributed by atoms with Crippen LogP contribution in [0.1, 0.15) is 45.6 Å². The van der Waals surface area contributed by atoms with E-state index in [0.29, 0.717) is 6.04 Å². The second kappa shape index (κ2) is 8.17. The van der Waals surface area contributed by atoms with E-state index in [0.717, 1.165) is 24.6 Å². The molecule has 0 saturated carbocycles. The zero-order valence-electron chi connectivity index (χ0n) is 13.7. The fourth-order valence-electron chi connectivity index (χ4n) is 3.00. The highest BCUT2D eigenvalue weighted by Crippen LogP contribution is 2.23. The van der Waals surface area contributed by atoms with E-state index in [4.69, 9.17) is 0 Å².